The Morgan fingerprint density at radius 2 is 2.00 bits per heavy atom. The van der Waals surface area contributed by atoms with E-state index in [-0.39, 0.29) is 18.1 Å². The van der Waals surface area contributed by atoms with E-state index in [0.717, 1.165) is 58.1 Å². The molecule has 1 amide bonds. The van der Waals surface area contributed by atoms with Crippen molar-refractivity contribution in [1.29, 1.82) is 0 Å². The molecule has 0 radical (unpaired) electrons. The molecule has 1 aliphatic rings. The largest absolute Gasteiger partial charge is 0.457 e. The van der Waals surface area contributed by atoms with Crippen LogP contribution in [0.1, 0.15) is 48.5 Å². The average Bonchev–Trinajstić information content (AvgIpc) is 3.52. The number of ether oxygens (including phenoxy) is 1. The summed E-state index contributed by atoms with van der Waals surface area (Å²) in [5, 5.41) is 16.0. The molecule has 3 N–H and O–H groups in total. The van der Waals surface area contributed by atoms with Crippen LogP contribution >= 0.6 is 22.6 Å². The van der Waals surface area contributed by atoms with Gasteiger partial charge in [-0.2, -0.15) is 0 Å². The number of carbonyl (C=O) groups is 1. The molecule has 0 aliphatic heterocycles. The van der Waals surface area contributed by atoms with Gasteiger partial charge in [-0.15, -0.1) is 0 Å². The molecule has 4 aromatic rings. The van der Waals surface area contributed by atoms with E-state index in [0.29, 0.717) is 23.7 Å². The van der Waals surface area contributed by atoms with Crippen LogP contribution in [0.3, 0.4) is 0 Å². The molecule has 1 fully saturated rings. The van der Waals surface area contributed by atoms with Crippen LogP contribution in [-0.4, -0.2) is 37.7 Å². The molecule has 0 atom stereocenters. The Bertz CT molecular complexity index is 1410. The van der Waals surface area contributed by atoms with Crippen molar-refractivity contribution < 1.29 is 14.6 Å². The molecule has 0 spiro atoms. The van der Waals surface area contributed by atoms with Crippen LogP contribution in [0.4, 0.5) is 11.5 Å². The van der Waals surface area contributed by atoms with Gasteiger partial charge in [0.05, 0.1) is 12.1 Å². The number of amides is 1. The Morgan fingerprint density at radius 1 is 1.16 bits per heavy atom. The maximum Gasteiger partial charge on any atom is 0.251 e. The fraction of sp³-hybridized carbons (Fsp3) is 0.321. The molecule has 8 nitrogen and oxygen atoms in total. The molecule has 37 heavy (non-hydrogen) atoms. The Hall–Kier alpha value is -3.18. The van der Waals surface area contributed by atoms with Gasteiger partial charge in [0, 0.05) is 39.5 Å². The highest BCUT2D eigenvalue weighted by atomic mass is 127. The highest BCUT2D eigenvalue weighted by Crippen LogP contribution is 2.33. The summed E-state index contributed by atoms with van der Waals surface area (Å²) in [6, 6.07) is 15.1. The summed E-state index contributed by atoms with van der Waals surface area (Å²) < 4.78 is 8.90. The van der Waals surface area contributed by atoms with Gasteiger partial charge in [0.1, 0.15) is 23.3 Å². The smallest absolute Gasteiger partial charge is 0.251 e. The van der Waals surface area contributed by atoms with Crippen LogP contribution in [0.5, 0.6) is 11.5 Å². The summed E-state index contributed by atoms with van der Waals surface area (Å²) in [7, 11) is 0. The van der Waals surface area contributed by atoms with E-state index >= 15 is 0 Å². The van der Waals surface area contributed by atoms with Gasteiger partial charge >= 0.3 is 0 Å². The van der Waals surface area contributed by atoms with Crippen LogP contribution in [0.2, 0.25) is 0 Å². The lowest BCUT2D eigenvalue weighted by atomic mass is 10.00. The lowest BCUT2D eigenvalue weighted by molar-refractivity contribution is 0.0907. The van der Waals surface area contributed by atoms with E-state index in [1.165, 1.54) is 6.33 Å². The molecule has 1 aliphatic carbocycles. The normalized spacial score (nSPS) is 14.6. The number of anilines is 2. The minimum atomic E-state index is -0.125. The summed E-state index contributed by atoms with van der Waals surface area (Å²) in [5.41, 5.74) is 4.00. The van der Waals surface area contributed by atoms with Gasteiger partial charge < -0.3 is 25.0 Å². The Balaban J connectivity index is 1.34. The topological polar surface area (TPSA) is 101 Å². The second kappa shape index (κ2) is 11.1. The van der Waals surface area contributed by atoms with E-state index in [1.807, 2.05) is 53.2 Å². The number of alkyl halides is 1. The summed E-state index contributed by atoms with van der Waals surface area (Å²) in [5.74, 6) is 1.96. The van der Waals surface area contributed by atoms with Crippen molar-refractivity contribution in [2.24, 2.45) is 0 Å². The molecule has 1 saturated carbocycles. The Labute approximate surface area is 229 Å². The molecule has 5 rings (SSSR count). The fourth-order valence-electron chi connectivity index (χ4n) is 4.87. The van der Waals surface area contributed by atoms with Gasteiger partial charge in [-0.1, -0.05) is 41.5 Å². The van der Waals surface area contributed by atoms with Crippen molar-refractivity contribution in [2.75, 3.05) is 11.9 Å². The van der Waals surface area contributed by atoms with Crippen molar-refractivity contribution >= 4 is 51.0 Å². The first-order valence-corrected chi connectivity index (χ1v) is 14.0. The molecule has 0 saturated heterocycles. The zero-order valence-electron chi connectivity index (χ0n) is 20.7. The number of hydrogen-bond donors (Lipinski definition) is 3. The van der Waals surface area contributed by atoms with Crippen molar-refractivity contribution in [3.8, 4) is 11.5 Å². The van der Waals surface area contributed by atoms with Crippen LogP contribution < -0.4 is 15.4 Å². The molecule has 2 heterocycles. The molecule has 2 aromatic carbocycles. The number of aliphatic hydroxyl groups excluding tert-OH is 1. The van der Waals surface area contributed by atoms with Crippen LogP contribution in [0, 0.1) is 0 Å². The third-order valence-electron chi connectivity index (χ3n) is 6.80. The summed E-state index contributed by atoms with van der Waals surface area (Å²) >= 11 is 2.32. The predicted octanol–water partition coefficient (Wildman–Crippen LogP) is 5.96. The molecule has 2 aromatic heterocycles. The molecule has 192 valence electrons. The minimum absolute atomic E-state index is 0.0330. The third kappa shape index (κ3) is 5.72. The lowest BCUT2D eigenvalue weighted by Gasteiger charge is -2.25. The first-order chi connectivity index (χ1) is 18.0. The fourth-order valence-corrected chi connectivity index (χ4v) is 5.47. The molecular weight excluding hydrogens is 581 g/mol. The first-order valence-electron chi connectivity index (χ1n) is 12.4. The number of aliphatic hydroxyl groups is 1. The van der Waals surface area contributed by atoms with Gasteiger partial charge in [-0.25, -0.2) is 9.97 Å². The molecule has 0 bridgehead atoms. The van der Waals surface area contributed by atoms with E-state index in [9.17, 15) is 9.90 Å². The lowest BCUT2D eigenvalue weighted by Crippen LogP contribution is -2.43. The van der Waals surface area contributed by atoms with E-state index < -0.39 is 0 Å². The first kappa shape index (κ1) is 25.5. The molecule has 0 unspecified atom stereocenters. The number of hydrogen-bond acceptors (Lipinski definition) is 6. The highest BCUT2D eigenvalue weighted by Gasteiger charge is 2.30. The standard InChI is InChI=1S/C28H30IN5O3/c1-28(10-2-3-11-28)33-27(36)19-5-4-6-22(16-19)37-24-8-7-21(15-20(24)17-29)32-26-25-23(30-18-31-26)9-12-34(25)13-14-35/h4-9,12,15-16,18,35H,2-3,10-11,13-14,17H2,1H3,(H,33,36)(H,30,31,32). The Kier molecular flexibility index (Phi) is 7.61. The van der Waals surface area contributed by atoms with E-state index in [2.05, 4.69) is 50.1 Å². The number of halogens is 1. The quantitative estimate of drug-likeness (QED) is 0.160. The summed E-state index contributed by atoms with van der Waals surface area (Å²) in [4.78, 5) is 21.7. The van der Waals surface area contributed by atoms with E-state index in [4.69, 9.17) is 4.74 Å². The Morgan fingerprint density at radius 3 is 2.78 bits per heavy atom. The number of carbonyl (C=O) groups excluding carboxylic acids is 1. The number of aromatic nitrogens is 3. The second-order valence-corrected chi connectivity index (χ2v) is 10.4. The zero-order chi connectivity index (χ0) is 25.8. The van der Waals surface area contributed by atoms with Gasteiger partial charge in [-0.3, -0.25) is 4.79 Å². The minimum Gasteiger partial charge on any atom is -0.457 e. The van der Waals surface area contributed by atoms with Gasteiger partial charge in [0.2, 0.25) is 0 Å². The highest BCUT2D eigenvalue weighted by molar-refractivity contribution is 14.1. The van der Waals surface area contributed by atoms with E-state index in [1.54, 1.807) is 6.07 Å². The van der Waals surface area contributed by atoms with Crippen LogP contribution in [0.25, 0.3) is 11.0 Å². The molecule has 9 heteroatoms. The van der Waals surface area contributed by atoms with Gasteiger partial charge in [0.25, 0.3) is 5.91 Å². The summed E-state index contributed by atoms with van der Waals surface area (Å²) in [6.07, 6.45) is 7.77. The SMILES string of the molecule is CC1(NC(=O)c2cccc(Oc3ccc(Nc4ncnc5ccn(CCO)c45)cc3CI)c2)CCCC1. The summed E-state index contributed by atoms with van der Waals surface area (Å²) in [6.45, 7) is 2.62. The number of rotatable bonds is 9. The maximum absolute atomic E-state index is 12.9. The number of fused-ring (bicyclic) bond motifs is 1. The predicted molar refractivity (Wildman–Crippen MR) is 153 cm³/mol. The second-order valence-electron chi connectivity index (χ2n) is 9.62. The average molecular weight is 611 g/mol. The third-order valence-corrected chi connectivity index (χ3v) is 7.63. The van der Waals surface area contributed by atoms with Crippen molar-refractivity contribution in [2.45, 2.75) is 49.1 Å². The molecular formula is C28H30IN5O3. The zero-order valence-corrected chi connectivity index (χ0v) is 22.9. The maximum atomic E-state index is 12.9. The van der Waals surface area contributed by atoms with Crippen molar-refractivity contribution in [3.05, 3.63) is 72.2 Å². The van der Waals surface area contributed by atoms with Gasteiger partial charge in [-0.05, 0) is 62.2 Å². The van der Waals surface area contributed by atoms with Crippen LogP contribution in [0.15, 0.2) is 61.1 Å². The van der Waals surface area contributed by atoms with Crippen LogP contribution in [-0.2, 0) is 11.0 Å². The van der Waals surface area contributed by atoms with Crippen molar-refractivity contribution in [1.82, 2.24) is 19.9 Å². The number of nitrogens with one attached hydrogen (secondary N) is 2. The number of benzene rings is 2. The van der Waals surface area contributed by atoms with Crippen molar-refractivity contribution in [3.63, 3.8) is 0 Å². The number of nitrogens with zero attached hydrogens (tertiary/aromatic N) is 3. The monoisotopic (exact) mass is 611 g/mol. The van der Waals surface area contributed by atoms with Gasteiger partial charge in [0.15, 0.2) is 5.82 Å².